The first kappa shape index (κ1) is 24.0. The molecular weight excluding hydrogens is 444 g/mol. The largest absolute Gasteiger partial charge is 0.418 e. The molecule has 2 aromatic heterocycles. The van der Waals surface area contributed by atoms with Gasteiger partial charge in [0.15, 0.2) is 5.60 Å². The number of alkyl halides is 3. The van der Waals surface area contributed by atoms with Crippen molar-refractivity contribution in [2.45, 2.75) is 50.3 Å². The Kier molecular flexibility index (Phi) is 6.02. The van der Waals surface area contributed by atoms with Crippen LogP contribution in [0.4, 0.5) is 17.6 Å². The summed E-state index contributed by atoms with van der Waals surface area (Å²) in [5.74, 6) is -2.00. The Hall–Kier alpha value is -3.19. The highest BCUT2D eigenvalue weighted by Crippen LogP contribution is 2.51. The Labute approximate surface area is 195 Å². The summed E-state index contributed by atoms with van der Waals surface area (Å²) >= 11 is 0. The van der Waals surface area contributed by atoms with E-state index in [1.807, 2.05) is 0 Å². The Morgan fingerprint density at radius 3 is 2.32 bits per heavy atom. The highest BCUT2D eigenvalue weighted by atomic mass is 19.4. The number of nitrogens with zero attached hydrogens (tertiary/aromatic N) is 1. The number of hydrogen-bond donors (Lipinski definition) is 2. The summed E-state index contributed by atoms with van der Waals surface area (Å²) in [4.78, 5) is 7.27. The van der Waals surface area contributed by atoms with E-state index in [2.05, 4.69) is 9.97 Å². The van der Waals surface area contributed by atoms with Crippen LogP contribution in [0.3, 0.4) is 0 Å². The van der Waals surface area contributed by atoms with Crippen LogP contribution >= 0.6 is 0 Å². The Morgan fingerprint density at radius 1 is 0.971 bits per heavy atom. The second kappa shape index (κ2) is 8.55. The first-order chi connectivity index (χ1) is 15.9. The second-order valence-corrected chi connectivity index (χ2v) is 9.45. The van der Waals surface area contributed by atoms with Gasteiger partial charge in [-0.3, -0.25) is 4.98 Å². The van der Waals surface area contributed by atoms with Crippen molar-refractivity contribution in [1.82, 2.24) is 9.97 Å². The molecule has 0 aliphatic carbocycles. The molecule has 7 heteroatoms. The van der Waals surface area contributed by atoms with Crippen LogP contribution in [-0.2, 0) is 5.41 Å². The van der Waals surface area contributed by atoms with Gasteiger partial charge in [-0.2, -0.15) is 13.2 Å². The number of rotatable bonds is 6. The number of aromatic amines is 1. The molecule has 0 radical (unpaired) electrons. The van der Waals surface area contributed by atoms with Crippen LogP contribution in [0.15, 0.2) is 72.9 Å². The maximum Gasteiger partial charge on any atom is 0.418 e. The lowest BCUT2D eigenvalue weighted by atomic mass is 9.67. The molecule has 34 heavy (non-hydrogen) atoms. The zero-order valence-electron chi connectivity index (χ0n) is 19.1. The Morgan fingerprint density at radius 2 is 1.68 bits per heavy atom. The Balaban J connectivity index is 1.91. The predicted molar refractivity (Wildman–Crippen MR) is 124 cm³/mol. The summed E-state index contributed by atoms with van der Waals surface area (Å²) in [6.45, 7) is 4.92. The molecule has 0 saturated carbocycles. The fourth-order valence-electron chi connectivity index (χ4n) is 4.95. The zero-order valence-corrected chi connectivity index (χ0v) is 19.1. The second-order valence-electron chi connectivity index (χ2n) is 9.45. The van der Waals surface area contributed by atoms with E-state index in [0.717, 1.165) is 0 Å². The molecule has 4 aromatic rings. The molecule has 2 N–H and O–H groups in total. The molecule has 2 atom stereocenters. The number of aryl methyl sites for hydroxylation is 1. The minimum absolute atomic E-state index is 0.200. The normalized spacial score (nSPS) is 15.3. The minimum atomic E-state index is -4.99. The van der Waals surface area contributed by atoms with Gasteiger partial charge in [0.05, 0.1) is 17.0 Å². The van der Waals surface area contributed by atoms with Gasteiger partial charge in [-0.1, -0.05) is 50.2 Å². The molecule has 3 nitrogen and oxygen atoms in total. The molecule has 2 unspecified atom stereocenters. The molecule has 0 amide bonds. The molecule has 0 spiro atoms. The fraction of sp³-hybridized carbons (Fsp3) is 0.296. The number of pyridine rings is 1. The SMILES string of the molecule is Cc1ccc(F)cc1C(C)(C)CC(O)(C(c1ccccc1)c1cc2ncccc2[nH]1)C(F)(F)F. The van der Waals surface area contributed by atoms with Crippen LogP contribution in [0.25, 0.3) is 11.0 Å². The van der Waals surface area contributed by atoms with Gasteiger partial charge in [0.2, 0.25) is 0 Å². The third kappa shape index (κ3) is 4.32. The van der Waals surface area contributed by atoms with Crippen molar-refractivity contribution in [3.8, 4) is 0 Å². The summed E-state index contributed by atoms with van der Waals surface area (Å²) in [5, 5.41) is 11.6. The molecule has 0 saturated heterocycles. The lowest BCUT2D eigenvalue weighted by Crippen LogP contribution is -2.54. The van der Waals surface area contributed by atoms with Crippen LogP contribution in [0.2, 0.25) is 0 Å². The van der Waals surface area contributed by atoms with Crippen molar-refractivity contribution in [2.24, 2.45) is 0 Å². The maximum atomic E-state index is 14.9. The standard InChI is InChI=1S/C27H26F4N2O/c1-17-11-12-19(28)14-20(17)25(2,3)16-26(34,27(29,30)31)24(18-8-5-4-6-9-18)23-15-22-21(33-23)10-7-13-32-22/h4-15,24,33-34H,16H2,1-3H3. The van der Waals surface area contributed by atoms with E-state index in [0.29, 0.717) is 27.7 Å². The maximum absolute atomic E-state index is 14.9. The third-order valence-electron chi connectivity index (χ3n) is 6.46. The average molecular weight is 471 g/mol. The summed E-state index contributed by atoms with van der Waals surface area (Å²) in [6.07, 6.45) is -4.11. The van der Waals surface area contributed by atoms with Crippen molar-refractivity contribution in [1.29, 1.82) is 0 Å². The summed E-state index contributed by atoms with van der Waals surface area (Å²) in [7, 11) is 0. The number of fused-ring (bicyclic) bond motifs is 1. The Bertz CT molecular complexity index is 1260. The van der Waals surface area contributed by atoms with Gasteiger partial charge in [-0.15, -0.1) is 0 Å². The minimum Gasteiger partial charge on any atom is -0.380 e. The molecule has 0 aliphatic rings. The van der Waals surface area contributed by atoms with E-state index < -0.39 is 35.3 Å². The lowest BCUT2D eigenvalue weighted by Gasteiger charge is -2.43. The molecular formula is C27H26F4N2O. The van der Waals surface area contributed by atoms with Gasteiger partial charge in [0, 0.05) is 11.9 Å². The van der Waals surface area contributed by atoms with Gasteiger partial charge >= 0.3 is 6.18 Å². The van der Waals surface area contributed by atoms with E-state index in [1.54, 1.807) is 75.5 Å². The first-order valence-corrected chi connectivity index (χ1v) is 11.0. The topological polar surface area (TPSA) is 48.9 Å². The molecule has 2 heterocycles. The van der Waals surface area contributed by atoms with Crippen LogP contribution in [0.1, 0.15) is 48.6 Å². The monoisotopic (exact) mass is 470 g/mol. The van der Waals surface area contributed by atoms with E-state index in [9.17, 15) is 22.7 Å². The van der Waals surface area contributed by atoms with E-state index >= 15 is 0 Å². The zero-order chi connectivity index (χ0) is 24.7. The van der Waals surface area contributed by atoms with E-state index in [1.165, 1.54) is 18.2 Å². The van der Waals surface area contributed by atoms with Gasteiger partial charge in [0.25, 0.3) is 0 Å². The number of halogens is 4. The summed E-state index contributed by atoms with van der Waals surface area (Å²) in [5.41, 5.74) is -1.72. The lowest BCUT2D eigenvalue weighted by molar-refractivity contribution is -0.272. The van der Waals surface area contributed by atoms with E-state index in [-0.39, 0.29) is 5.69 Å². The summed E-state index contributed by atoms with van der Waals surface area (Å²) < 4.78 is 58.6. The number of hydrogen-bond acceptors (Lipinski definition) is 2. The van der Waals surface area contributed by atoms with Crippen molar-refractivity contribution in [3.05, 3.63) is 101 Å². The summed E-state index contributed by atoms with van der Waals surface area (Å²) in [6, 6.07) is 17.1. The quantitative estimate of drug-likeness (QED) is 0.304. The number of aromatic nitrogens is 2. The third-order valence-corrected chi connectivity index (χ3v) is 6.46. The van der Waals surface area contributed by atoms with Gasteiger partial charge in [-0.25, -0.2) is 4.39 Å². The van der Waals surface area contributed by atoms with Gasteiger partial charge < -0.3 is 10.1 Å². The molecule has 2 aromatic carbocycles. The molecule has 178 valence electrons. The van der Waals surface area contributed by atoms with Crippen molar-refractivity contribution < 1.29 is 22.7 Å². The smallest absolute Gasteiger partial charge is 0.380 e. The molecule has 0 fully saturated rings. The van der Waals surface area contributed by atoms with Gasteiger partial charge in [-0.05, 0) is 65.8 Å². The predicted octanol–water partition coefficient (Wildman–Crippen LogP) is 6.80. The van der Waals surface area contributed by atoms with Crippen molar-refractivity contribution >= 4 is 11.0 Å². The molecule has 0 bridgehead atoms. The van der Waals surface area contributed by atoms with Crippen LogP contribution in [0, 0.1) is 12.7 Å². The van der Waals surface area contributed by atoms with Crippen LogP contribution in [0.5, 0.6) is 0 Å². The van der Waals surface area contributed by atoms with Crippen LogP contribution in [-0.4, -0.2) is 26.9 Å². The van der Waals surface area contributed by atoms with Crippen LogP contribution < -0.4 is 0 Å². The van der Waals surface area contributed by atoms with Gasteiger partial charge in [0.1, 0.15) is 5.82 Å². The highest BCUT2D eigenvalue weighted by Gasteiger charge is 2.61. The van der Waals surface area contributed by atoms with E-state index in [4.69, 9.17) is 0 Å². The molecule has 0 aliphatic heterocycles. The van der Waals surface area contributed by atoms with Crippen molar-refractivity contribution in [2.75, 3.05) is 0 Å². The highest BCUT2D eigenvalue weighted by molar-refractivity contribution is 5.76. The number of aliphatic hydroxyl groups is 1. The van der Waals surface area contributed by atoms with Crippen molar-refractivity contribution in [3.63, 3.8) is 0 Å². The average Bonchev–Trinajstić information content (AvgIpc) is 3.18. The number of H-pyrrole nitrogens is 1. The first-order valence-electron chi connectivity index (χ1n) is 11.0. The fourth-order valence-corrected chi connectivity index (χ4v) is 4.95. The number of benzene rings is 2. The molecule has 4 rings (SSSR count). The number of nitrogens with one attached hydrogen (secondary N) is 1.